The van der Waals surface area contributed by atoms with Gasteiger partial charge in [-0.25, -0.2) is 0 Å². The Morgan fingerprint density at radius 3 is 2.78 bits per heavy atom. The van der Waals surface area contributed by atoms with Gasteiger partial charge in [-0.15, -0.1) is 11.3 Å². The molecule has 1 heterocycles. The van der Waals surface area contributed by atoms with Crippen LogP contribution in [0.15, 0.2) is 11.4 Å². The zero-order chi connectivity index (χ0) is 13.0. The Balaban J connectivity index is 2.14. The molecule has 1 unspecified atom stereocenters. The number of carbonyl (C=O) groups excluding carboxylic acids is 1. The summed E-state index contributed by atoms with van der Waals surface area (Å²) in [6.07, 6.45) is 2.97. The number of nitrogens with zero attached hydrogens (tertiary/aromatic N) is 1. The molecule has 0 spiro atoms. The summed E-state index contributed by atoms with van der Waals surface area (Å²) in [6.45, 7) is 0.481. The van der Waals surface area contributed by atoms with E-state index in [-0.39, 0.29) is 25.0 Å². The maximum Gasteiger partial charge on any atom is 0.230 e. The quantitative estimate of drug-likeness (QED) is 0.837. The third kappa shape index (κ3) is 2.74. The number of amides is 1. The molecule has 0 fully saturated rings. The fraction of sp³-hybridized carbons (Fsp3) is 0.615. The lowest BCUT2D eigenvalue weighted by Crippen LogP contribution is -2.39. The van der Waals surface area contributed by atoms with Gasteiger partial charge in [0.25, 0.3) is 0 Å². The zero-order valence-electron chi connectivity index (χ0n) is 10.3. The average Bonchev–Trinajstić information content (AvgIpc) is 2.85. The first-order valence-corrected chi connectivity index (χ1v) is 7.22. The Labute approximate surface area is 111 Å². The second-order valence-corrected chi connectivity index (χ2v) is 5.52. The van der Waals surface area contributed by atoms with E-state index in [0.29, 0.717) is 13.1 Å². The zero-order valence-corrected chi connectivity index (χ0v) is 11.2. The third-order valence-corrected chi connectivity index (χ3v) is 4.40. The van der Waals surface area contributed by atoms with Crippen molar-refractivity contribution in [1.82, 2.24) is 4.90 Å². The van der Waals surface area contributed by atoms with Crippen molar-refractivity contribution >= 4 is 17.2 Å². The van der Waals surface area contributed by atoms with Crippen LogP contribution in [0.2, 0.25) is 0 Å². The van der Waals surface area contributed by atoms with Gasteiger partial charge in [0, 0.05) is 18.0 Å². The van der Waals surface area contributed by atoms with E-state index in [9.17, 15) is 4.79 Å². The first-order valence-electron chi connectivity index (χ1n) is 6.34. The molecule has 1 amide bonds. The summed E-state index contributed by atoms with van der Waals surface area (Å²) in [4.78, 5) is 15.3. The van der Waals surface area contributed by atoms with E-state index in [4.69, 9.17) is 10.2 Å². The summed E-state index contributed by atoms with van der Waals surface area (Å²) in [5, 5.41) is 20.0. The van der Waals surface area contributed by atoms with Crippen LogP contribution in [0, 0.1) is 0 Å². The molecule has 0 aromatic carbocycles. The number of hydrogen-bond donors (Lipinski definition) is 2. The van der Waals surface area contributed by atoms with Gasteiger partial charge in [0.05, 0.1) is 19.1 Å². The molecule has 4 nitrogen and oxygen atoms in total. The summed E-state index contributed by atoms with van der Waals surface area (Å²) in [5.41, 5.74) is 1.15. The number of aliphatic hydroxyl groups is 2. The van der Waals surface area contributed by atoms with Gasteiger partial charge in [-0.1, -0.05) is 0 Å². The number of aryl methyl sites for hydroxylation is 1. The van der Waals surface area contributed by atoms with E-state index >= 15 is 0 Å². The molecule has 0 radical (unpaired) electrons. The molecule has 1 aliphatic carbocycles. The molecule has 2 rings (SSSR count). The summed E-state index contributed by atoms with van der Waals surface area (Å²) in [5.74, 6) is -0.0458. The number of fused-ring (bicyclic) bond motifs is 1. The Morgan fingerprint density at radius 1 is 1.39 bits per heavy atom. The predicted molar refractivity (Wildman–Crippen MR) is 70.7 cm³/mol. The fourth-order valence-electron chi connectivity index (χ4n) is 2.54. The van der Waals surface area contributed by atoms with Gasteiger partial charge in [-0.2, -0.15) is 0 Å². The Hall–Kier alpha value is -0.910. The monoisotopic (exact) mass is 269 g/mol. The number of hydrogen-bond acceptors (Lipinski definition) is 4. The van der Waals surface area contributed by atoms with Crippen LogP contribution in [0.1, 0.15) is 29.2 Å². The van der Waals surface area contributed by atoms with Crippen LogP contribution in [0.4, 0.5) is 0 Å². The van der Waals surface area contributed by atoms with E-state index in [2.05, 4.69) is 0 Å². The Morgan fingerprint density at radius 2 is 2.11 bits per heavy atom. The largest absolute Gasteiger partial charge is 0.395 e. The van der Waals surface area contributed by atoms with Crippen molar-refractivity contribution in [3.05, 3.63) is 21.9 Å². The molecule has 2 N–H and O–H groups in total. The van der Waals surface area contributed by atoms with Gasteiger partial charge in [-0.05, 0) is 36.3 Å². The Kier molecular flexibility index (Phi) is 4.74. The van der Waals surface area contributed by atoms with Crippen LogP contribution in [0.3, 0.4) is 0 Å². The average molecular weight is 269 g/mol. The summed E-state index contributed by atoms with van der Waals surface area (Å²) >= 11 is 1.72. The van der Waals surface area contributed by atoms with Crippen molar-refractivity contribution < 1.29 is 15.0 Å². The lowest BCUT2D eigenvalue weighted by Gasteiger charge is -2.28. The van der Waals surface area contributed by atoms with Crippen LogP contribution in [-0.4, -0.2) is 47.3 Å². The molecule has 1 atom stereocenters. The maximum absolute atomic E-state index is 12.4. The minimum atomic E-state index is -0.0851. The first-order chi connectivity index (χ1) is 8.77. The van der Waals surface area contributed by atoms with Gasteiger partial charge in [0.2, 0.25) is 5.91 Å². The van der Waals surface area contributed by atoms with E-state index in [1.54, 1.807) is 16.2 Å². The summed E-state index contributed by atoms with van der Waals surface area (Å²) in [6, 6.07) is 2.04. The second-order valence-electron chi connectivity index (χ2n) is 4.52. The number of carbonyl (C=O) groups is 1. The molecule has 0 bridgehead atoms. The molecule has 0 saturated carbocycles. The highest BCUT2D eigenvalue weighted by Gasteiger charge is 2.30. The minimum Gasteiger partial charge on any atom is -0.395 e. The fourth-order valence-corrected chi connectivity index (χ4v) is 3.52. The third-order valence-electron chi connectivity index (χ3n) is 3.40. The highest BCUT2D eigenvalue weighted by atomic mass is 32.1. The molecular formula is C13H19NO3S. The standard InChI is InChI=1S/C13H19NO3S/c15-7-5-14(6-8-16)13(17)11-2-1-3-12-10(11)4-9-18-12/h4,9,11,15-16H,1-3,5-8H2. The van der Waals surface area contributed by atoms with Gasteiger partial charge in [0.15, 0.2) is 0 Å². The summed E-state index contributed by atoms with van der Waals surface area (Å²) in [7, 11) is 0. The molecule has 1 aliphatic rings. The van der Waals surface area contributed by atoms with Crippen molar-refractivity contribution in [3.8, 4) is 0 Å². The minimum absolute atomic E-state index is 0.0393. The SMILES string of the molecule is O=C(C1CCCc2sccc21)N(CCO)CCO. The van der Waals surface area contributed by atoms with Crippen molar-refractivity contribution in [2.24, 2.45) is 0 Å². The smallest absolute Gasteiger partial charge is 0.230 e. The van der Waals surface area contributed by atoms with Gasteiger partial charge >= 0.3 is 0 Å². The number of thiophene rings is 1. The van der Waals surface area contributed by atoms with Crippen LogP contribution in [-0.2, 0) is 11.2 Å². The lowest BCUT2D eigenvalue weighted by molar-refractivity contribution is -0.134. The van der Waals surface area contributed by atoms with E-state index in [0.717, 1.165) is 24.8 Å². The molecule has 0 saturated heterocycles. The second kappa shape index (κ2) is 6.31. The topological polar surface area (TPSA) is 60.8 Å². The maximum atomic E-state index is 12.4. The molecular weight excluding hydrogens is 250 g/mol. The van der Waals surface area contributed by atoms with Crippen LogP contribution >= 0.6 is 11.3 Å². The molecule has 1 aromatic rings. The van der Waals surface area contributed by atoms with Crippen molar-refractivity contribution in [1.29, 1.82) is 0 Å². The molecule has 5 heteroatoms. The van der Waals surface area contributed by atoms with Crippen molar-refractivity contribution in [2.75, 3.05) is 26.3 Å². The van der Waals surface area contributed by atoms with Crippen molar-refractivity contribution in [3.63, 3.8) is 0 Å². The van der Waals surface area contributed by atoms with Gasteiger partial charge in [0.1, 0.15) is 0 Å². The van der Waals surface area contributed by atoms with E-state index < -0.39 is 0 Å². The molecule has 1 aromatic heterocycles. The number of rotatable bonds is 5. The highest BCUT2D eigenvalue weighted by Crippen LogP contribution is 2.35. The van der Waals surface area contributed by atoms with Gasteiger partial charge in [-0.3, -0.25) is 4.79 Å². The molecule has 18 heavy (non-hydrogen) atoms. The number of aliphatic hydroxyl groups excluding tert-OH is 2. The van der Waals surface area contributed by atoms with E-state index in [1.807, 2.05) is 11.4 Å². The van der Waals surface area contributed by atoms with Crippen LogP contribution in [0.5, 0.6) is 0 Å². The highest BCUT2D eigenvalue weighted by molar-refractivity contribution is 7.10. The van der Waals surface area contributed by atoms with Crippen LogP contribution in [0.25, 0.3) is 0 Å². The lowest BCUT2D eigenvalue weighted by atomic mass is 9.86. The Bertz CT molecular complexity index is 399. The van der Waals surface area contributed by atoms with Crippen LogP contribution < -0.4 is 0 Å². The van der Waals surface area contributed by atoms with E-state index in [1.165, 1.54) is 4.88 Å². The summed E-state index contributed by atoms with van der Waals surface area (Å²) < 4.78 is 0. The molecule has 0 aliphatic heterocycles. The van der Waals surface area contributed by atoms with Gasteiger partial charge < -0.3 is 15.1 Å². The predicted octanol–water partition coefficient (Wildman–Crippen LogP) is 0.981. The normalized spacial score (nSPS) is 18.4. The molecule has 100 valence electrons. The first kappa shape index (κ1) is 13.5. The van der Waals surface area contributed by atoms with Crippen molar-refractivity contribution in [2.45, 2.75) is 25.2 Å².